The van der Waals surface area contributed by atoms with Crippen LogP contribution < -0.4 is 16.4 Å². The monoisotopic (exact) mass is 449 g/mol. The fourth-order valence-corrected chi connectivity index (χ4v) is 5.26. The molecule has 33 heavy (non-hydrogen) atoms. The number of carbonyl (C=O) groups excluding carboxylic acids is 1. The maximum atomic E-state index is 13.4. The van der Waals surface area contributed by atoms with Gasteiger partial charge in [-0.1, -0.05) is 6.92 Å². The first-order valence-electron chi connectivity index (χ1n) is 11.7. The highest BCUT2D eigenvalue weighted by Gasteiger charge is 2.27. The quantitative estimate of drug-likeness (QED) is 0.569. The standard InChI is InChI=1S/C25H31N5O3/c1-15-8-19(26)14-30(13-15)20-2-5-28-11-18(20)9-21(31)23-24-22(33-25(23)27)10-17(12-29-24)16-3-6-32-7-4-16/h2,5,10-12,15-16,19H,3-4,6-9,13-14,26-27H2,1H3/t15-,19+/m1/s1. The van der Waals surface area contributed by atoms with Crippen LogP contribution in [0.4, 0.5) is 11.6 Å². The summed E-state index contributed by atoms with van der Waals surface area (Å²) in [4.78, 5) is 24.5. The number of furan rings is 1. The first kappa shape index (κ1) is 21.9. The third-order valence-corrected chi connectivity index (χ3v) is 6.81. The Bertz CT molecular complexity index is 1140. The number of rotatable bonds is 5. The molecule has 0 amide bonds. The van der Waals surface area contributed by atoms with E-state index in [0.717, 1.165) is 62.4 Å². The fourth-order valence-electron chi connectivity index (χ4n) is 5.26. The SMILES string of the molecule is C[C@@H]1C[C@H](N)CN(c2ccncc2CC(=O)c2c(N)oc3cc(C4CCOCC4)cnc23)C1. The van der Waals surface area contributed by atoms with Crippen LogP contribution in [0.25, 0.3) is 11.1 Å². The van der Waals surface area contributed by atoms with Gasteiger partial charge in [0.2, 0.25) is 5.88 Å². The molecule has 3 aromatic rings. The highest BCUT2D eigenvalue weighted by molar-refractivity contribution is 6.10. The van der Waals surface area contributed by atoms with Crippen LogP contribution in [0.2, 0.25) is 0 Å². The van der Waals surface area contributed by atoms with Gasteiger partial charge in [0, 0.05) is 68.6 Å². The minimum absolute atomic E-state index is 0.116. The number of aromatic nitrogens is 2. The molecule has 2 aliphatic heterocycles. The van der Waals surface area contributed by atoms with Crippen molar-refractivity contribution in [2.75, 3.05) is 36.9 Å². The van der Waals surface area contributed by atoms with Gasteiger partial charge < -0.3 is 25.5 Å². The summed E-state index contributed by atoms with van der Waals surface area (Å²) in [7, 11) is 0. The van der Waals surface area contributed by atoms with Crippen molar-refractivity contribution in [3.63, 3.8) is 0 Å². The number of piperidine rings is 1. The van der Waals surface area contributed by atoms with E-state index in [-0.39, 0.29) is 24.1 Å². The Balaban J connectivity index is 1.41. The number of carbonyl (C=O) groups is 1. The summed E-state index contributed by atoms with van der Waals surface area (Å²) in [5, 5.41) is 0. The van der Waals surface area contributed by atoms with Gasteiger partial charge in [0.15, 0.2) is 11.4 Å². The Morgan fingerprint density at radius 2 is 2.06 bits per heavy atom. The van der Waals surface area contributed by atoms with Crippen molar-refractivity contribution < 1.29 is 13.9 Å². The van der Waals surface area contributed by atoms with E-state index in [2.05, 4.69) is 21.8 Å². The third kappa shape index (κ3) is 4.45. The van der Waals surface area contributed by atoms with Crippen LogP contribution in [0.15, 0.2) is 35.1 Å². The van der Waals surface area contributed by atoms with Gasteiger partial charge in [-0.2, -0.15) is 0 Å². The van der Waals surface area contributed by atoms with E-state index < -0.39 is 0 Å². The van der Waals surface area contributed by atoms with E-state index in [0.29, 0.717) is 28.5 Å². The van der Waals surface area contributed by atoms with E-state index in [1.807, 2.05) is 18.3 Å². The molecule has 8 heteroatoms. The molecule has 0 bridgehead atoms. The second kappa shape index (κ2) is 9.11. The Hall–Kier alpha value is -2.97. The number of nitrogens with zero attached hydrogens (tertiary/aromatic N) is 3. The van der Waals surface area contributed by atoms with Crippen LogP contribution >= 0.6 is 0 Å². The lowest BCUT2D eigenvalue weighted by molar-refractivity contribution is 0.0853. The first-order chi connectivity index (χ1) is 16.0. The Labute approximate surface area is 193 Å². The van der Waals surface area contributed by atoms with Crippen LogP contribution in [0, 0.1) is 5.92 Å². The van der Waals surface area contributed by atoms with Gasteiger partial charge in [0.25, 0.3) is 0 Å². The number of ketones is 1. The van der Waals surface area contributed by atoms with Crippen molar-refractivity contribution in [3.05, 3.63) is 47.4 Å². The molecule has 0 radical (unpaired) electrons. The molecule has 3 aromatic heterocycles. The molecule has 0 spiro atoms. The van der Waals surface area contributed by atoms with Crippen LogP contribution in [-0.4, -0.2) is 48.1 Å². The van der Waals surface area contributed by atoms with Gasteiger partial charge in [0.1, 0.15) is 11.1 Å². The third-order valence-electron chi connectivity index (χ3n) is 6.81. The van der Waals surface area contributed by atoms with E-state index in [4.69, 9.17) is 20.6 Å². The minimum Gasteiger partial charge on any atom is -0.438 e. The smallest absolute Gasteiger partial charge is 0.204 e. The van der Waals surface area contributed by atoms with Crippen molar-refractivity contribution in [2.24, 2.45) is 11.7 Å². The molecule has 174 valence electrons. The average Bonchev–Trinajstić information content (AvgIpc) is 3.14. The van der Waals surface area contributed by atoms with Gasteiger partial charge in [0.05, 0.1) is 0 Å². The second-order valence-corrected chi connectivity index (χ2v) is 9.45. The van der Waals surface area contributed by atoms with Gasteiger partial charge in [-0.25, -0.2) is 0 Å². The maximum absolute atomic E-state index is 13.4. The number of Topliss-reactive ketones (excluding diaryl/α,β-unsaturated/α-hetero) is 1. The number of hydrogen-bond acceptors (Lipinski definition) is 8. The fraction of sp³-hybridized carbons (Fsp3) is 0.480. The molecule has 0 aromatic carbocycles. The number of hydrogen-bond donors (Lipinski definition) is 2. The largest absolute Gasteiger partial charge is 0.438 e. The van der Waals surface area contributed by atoms with E-state index >= 15 is 0 Å². The number of fused-ring (bicyclic) bond motifs is 1. The molecule has 0 aliphatic carbocycles. The summed E-state index contributed by atoms with van der Waals surface area (Å²) in [5.74, 6) is 0.872. The summed E-state index contributed by atoms with van der Waals surface area (Å²) in [6.45, 7) is 5.38. The van der Waals surface area contributed by atoms with Crippen LogP contribution in [-0.2, 0) is 11.2 Å². The zero-order valence-electron chi connectivity index (χ0n) is 19.0. The Kier molecular flexibility index (Phi) is 6.03. The van der Waals surface area contributed by atoms with Crippen LogP contribution in [0.5, 0.6) is 0 Å². The van der Waals surface area contributed by atoms with Gasteiger partial charge >= 0.3 is 0 Å². The van der Waals surface area contributed by atoms with Gasteiger partial charge in [-0.3, -0.25) is 14.8 Å². The summed E-state index contributed by atoms with van der Waals surface area (Å²) in [6, 6.07) is 4.05. The summed E-state index contributed by atoms with van der Waals surface area (Å²) in [5.41, 5.74) is 16.8. The van der Waals surface area contributed by atoms with E-state index in [1.165, 1.54) is 0 Å². The highest BCUT2D eigenvalue weighted by atomic mass is 16.5. The number of ether oxygens (including phenoxy) is 1. The molecular formula is C25H31N5O3. The minimum atomic E-state index is -0.124. The zero-order valence-corrected chi connectivity index (χ0v) is 19.0. The number of nitrogen functional groups attached to an aromatic ring is 1. The van der Waals surface area contributed by atoms with Gasteiger partial charge in [-0.15, -0.1) is 0 Å². The van der Waals surface area contributed by atoms with Crippen molar-refractivity contribution in [3.8, 4) is 0 Å². The highest BCUT2D eigenvalue weighted by Crippen LogP contribution is 2.33. The van der Waals surface area contributed by atoms with Crippen molar-refractivity contribution in [2.45, 2.75) is 44.6 Å². The lowest BCUT2D eigenvalue weighted by Gasteiger charge is -2.37. The molecule has 0 unspecified atom stereocenters. The predicted molar refractivity (Wildman–Crippen MR) is 127 cm³/mol. The lowest BCUT2D eigenvalue weighted by atomic mass is 9.92. The number of pyridine rings is 2. The predicted octanol–water partition coefficient (Wildman–Crippen LogP) is 3.30. The maximum Gasteiger partial charge on any atom is 0.204 e. The summed E-state index contributed by atoms with van der Waals surface area (Å²) >= 11 is 0. The molecule has 2 aliphatic rings. The Morgan fingerprint density at radius 3 is 2.85 bits per heavy atom. The zero-order chi connectivity index (χ0) is 22.9. The molecule has 5 rings (SSSR count). The molecule has 8 nitrogen and oxygen atoms in total. The molecule has 4 N–H and O–H groups in total. The topological polar surface area (TPSA) is 120 Å². The summed E-state index contributed by atoms with van der Waals surface area (Å²) < 4.78 is 11.2. The molecule has 0 saturated carbocycles. The lowest BCUT2D eigenvalue weighted by Crippen LogP contribution is -2.46. The normalized spacial score (nSPS) is 22.1. The van der Waals surface area contributed by atoms with Crippen LogP contribution in [0.1, 0.15) is 53.6 Å². The Morgan fingerprint density at radius 1 is 1.24 bits per heavy atom. The number of nitrogens with two attached hydrogens (primary N) is 2. The second-order valence-electron chi connectivity index (χ2n) is 9.45. The average molecular weight is 450 g/mol. The molecular weight excluding hydrogens is 418 g/mol. The molecule has 2 fully saturated rings. The number of anilines is 2. The molecule has 5 heterocycles. The van der Waals surface area contributed by atoms with Gasteiger partial charge in [-0.05, 0) is 48.8 Å². The molecule has 2 atom stereocenters. The van der Waals surface area contributed by atoms with Crippen molar-refractivity contribution >= 4 is 28.5 Å². The van der Waals surface area contributed by atoms with Crippen LogP contribution in [0.3, 0.4) is 0 Å². The first-order valence-corrected chi connectivity index (χ1v) is 11.7. The van der Waals surface area contributed by atoms with E-state index in [1.54, 1.807) is 12.4 Å². The molecule has 2 saturated heterocycles. The van der Waals surface area contributed by atoms with Crippen molar-refractivity contribution in [1.29, 1.82) is 0 Å². The van der Waals surface area contributed by atoms with Crippen molar-refractivity contribution in [1.82, 2.24) is 9.97 Å². The van der Waals surface area contributed by atoms with E-state index in [9.17, 15) is 4.79 Å². The summed E-state index contributed by atoms with van der Waals surface area (Å²) in [6.07, 6.45) is 8.45.